The minimum absolute atomic E-state index is 0.568. The summed E-state index contributed by atoms with van der Waals surface area (Å²) in [6, 6.07) is 23.7. The molecule has 1 heterocycles. The number of nitrogens with zero attached hydrogens (tertiary/aromatic N) is 1. The second kappa shape index (κ2) is 7.46. The van der Waals surface area contributed by atoms with Crippen LogP contribution in [0.2, 0.25) is 0 Å². The molecule has 0 aliphatic heterocycles. The Morgan fingerprint density at radius 3 is 2.29 bits per heavy atom. The highest BCUT2D eigenvalue weighted by Gasteiger charge is 2.23. The summed E-state index contributed by atoms with van der Waals surface area (Å²) >= 11 is 0. The number of aromatic nitrogens is 1. The lowest BCUT2D eigenvalue weighted by Gasteiger charge is -2.26. The molecule has 1 aromatic heterocycles. The smallest absolute Gasteiger partial charge is 0.0500 e. The average molecular weight is 440 g/mol. The number of fused-ring (bicyclic) bond motifs is 3. The normalized spacial score (nSPS) is 15.7. The van der Waals surface area contributed by atoms with Crippen LogP contribution in [0.4, 0.5) is 0 Å². The summed E-state index contributed by atoms with van der Waals surface area (Å²) in [5, 5.41) is 12.1. The van der Waals surface area contributed by atoms with Crippen molar-refractivity contribution < 1.29 is 0 Å². The summed E-state index contributed by atoms with van der Waals surface area (Å²) in [5.41, 5.74) is 3.94. The summed E-state index contributed by atoms with van der Waals surface area (Å²) in [5.74, 6) is 0. The molecule has 1 heteroatoms. The molecule has 0 unspecified atom stereocenters. The molecule has 0 radical (unpaired) electrons. The summed E-state index contributed by atoms with van der Waals surface area (Å²) in [7, 11) is 0. The third-order valence-corrected chi connectivity index (χ3v) is 8.13. The molecule has 1 nitrogen and oxygen atoms in total. The molecule has 0 spiro atoms. The van der Waals surface area contributed by atoms with E-state index in [0.717, 1.165) is 0 Å². The number of allylic oxidation sites excluding steroid dienone is 1. The monoisotopic (exact) mass is 439 g/mol. The van der Waals surface area contributed by atoms with Gasteiger partial charge in [-0.15, -0.1) is 0 Å². The predicted molar refractivity (Wildman–Crippen MR) is 150 cm³/mol. The first-order valence-corrected chi connectivity index (χ1v) is 12.7. The van der Waals surface area contributed by atoms with Gasteiger partial charge in [-0.2, -0.15) is 0 Å². The Labute approximate surface area is 200 Å². The second-order valence-electron chi connectivity index (χ2n) is 9.99. The lowest BCUT2D eigenvalue weighted by atomic mass is 9.90. The highest BCUT2D eigenvalue weighted by atomic mass is 15.0. The molecule has 166 valence electrons. The number of hydrogen-bond acceptors (Lipinski definition) is 0. The molecule has 6 aromatic rings. The van der Waals surface area contributed by atoms with E-state index in [9.17, 15) is 0 Å². The zero-order valence-corrected chi connectivity index (χ0v) is 19.8. The second-order valence-corrected chi connectivity index (χ2v) is 9.99. The van der Waals surface area contributed by atoms with E-state index in [1.807, 2.05) is 0 Å². The Bertz CT molecular complexity index is 1740. The molecule has 0 amide bonds. The van der Waals surface area contributed by atoms with Crippen molar-refractivity contribution in [1.29, 1.82) is 0 Å². The van der Waals surface area contributed by atoms with Crippen LogP contribution in [0.3, 0.4) is 0 Å². The van der Waals surface area contributed by atoms with Crippen molar-refractivity contribution in [3.63, 3.8) is 0 Å². The molecule has 0 saturated heterocycles. The Morgan fingerprint density at radius 1 is 0.765 bits per heavy atom. The number of rotatable bonds is 3. The van der Waals surface area contributed by atoms with E-state index in [-0.39, 0.29) is 0 Å². The zero-order valence-electron chi connectivity index (χ0n) is 19.8. The van der Waals surface area contributed by atoms with Crippen molar-refractivity contribution in [1.82, 2.24) is 4.57 Å². The topological polar surface area (TPSA) is 4.93 Å². The maximum Gasteiger partial charge on any atom is 0.0500 e. The van der Waals surface area contributed by atoms with Gasteiger partial charge in [-0.05, 0) is 87.1 Å². The largest absolute Gasteiger partial charge is 0.337 e. The maximum atomic E-state index is 4.24. The minimum Gasteiger partial charge on any atom is -0.337 e. The highest BCUT2D eigenvalue weighted by molar-refractivity contribution is 6.29. The van der Waals surface area contributed by atoms with Gasteiger partial charge < -0.3 is 4.57 Å². The Hall–Kier alpha value is -3.58. The molecule has 1 saturated carbocycles. The number of benzene rings is 5. The molecule has 1 aliphatic rings. The fraction of sp³-hybridized carbons (Fsp3) is 0.212. The standard InChI is InChI=1S/C33H29N/c1-3-9-30-26(4-2)29-20-28-24(19-31(29)34(30)25-12-6-5-7-13-25)18-23-15-14-21-10-8-11-22-16-17-27(28)33(23)32(21)22/h3-4,8-11,14-20,25H,2,5-7,12-13H2,1H3/b9-3-. The number of hydrogen-bond donors (Lipinski definition) is 0. The Balaban J connectivity index is 1.64. The summed E-state index contributed by atoms with van der Waals surface area (Å²) in [6.07, 6.45) is 13.1. The van der Waals surface area contributed by atoms with Crippen LogP contribution in [0.5, 0.6) is 0 Å². The fourth-order valence-corrected chi connectivity index (χ4v) is 6.67. The molecule has 5 aromatic carbocycles. The minimum atomic E-state index is 0.568. The van der Waals surface area contributed by atoms with E-state index in [0.29, 0.717) is 6.04 Å². The summed E-state index contributed by atoms with van der Waals surface area (Å²) in [4.78, 5) is 0. The van der Waals surface area contributed by atoms with Gasteiger partial charge in [0.05, 0.1) is 0 Å². The Kier molecular flexibility index (Phi) is 4.36. The fourth-order valence-electron chi connectivity index (χ4n) is 6.67. The molecular weight excluding hydrogens is 410 g/mol. The quantitative estimate of drug-likeness (QED) is 0.191. The van der Waals surface area contributed by atoms with E-state index in [4.69, 9.17) is 0 Å². The highest BCUT2D eigenvalue weighted by Crippen LogP contribution is 2.43. The third kappa shape index (κ3) is 2.67. The van der Waals surface area contributed by atoms with Crippen molar-refractivity contribution in [3.05, 3.63) is 84.6 Å². The van der Waals surface area contributed by atoms with Gasteiger partial charge in [-0.1, -0.05) is 80.5 Å². The van der Waals surface area contributed by atoms with E-state index >= 15 is 0 Å². The van der Waals surface area contributed by atoms with E-state index < -0.39 is 0 Å². The summed E-state index contributed by atoms with van der Waals surface area (Å²) in [6.45, 7) is 6.37. The Morgan fingerprint density at radius 2 is 1.53 bits per heavy atom. The molecule has 7 rings (SSSR count). The third-order valence-electron chi connectivity index (χ3n) is 8.13. The van der Waals surface area contributed by atoms with Gasteiger partial charge in [0.1, 0.15) is 0 Å². The van der Waals surface area contributed by atoms with Gasteiger partial charge in [0.2, 0.25) is 0 Å². The molecular formula is C33H29N. The van der Waals surface area contributed by atoms with Crippen LogP contribution in [0.25, 0.3) is 66.1 Å². The first-order chi connectivity index (χ1) is 16.8. The van der Waals surface area contributed by atoms with Gasteiger partial charge >= 0.3 is 0 Å². The van der Waals surface area contributed by atoms with Gasteiger partial charge in [0.25, 0.3) is 0 Å². The van der Waals surface area contributed by atoms with Gasteiger partial charge in [0, 0.05) is 28.2 Å². The summed E-state index contributed by atoms with van der Waals surface area (Å²) < 4.78 is 2.63. The van der Waals surface area contributed by atoms with Crippen LogP contribution in [0.15, 0.2) is 73.3 Å². The van der Waals surface area contributed by atoms with Crippen molar-refractivity contribution in [2.24, 2.45) is 0 Å². The first kappa shape index (κ1) is 19.9. The van der Waals surface area contributed by atoms with Crippen LogP contribution < -0.4 is 0 Å². The van der Waals surface area contributed by atoms with Crippen molar-refractivity contribution in [3.8, 4) is 0 Å². The van der Waals surface area contributed by atoms with Crippen molar-refractivity contribution in [2.45, 2.75) is 45.1 Å². The van der Waals surface area contributed by atoms with E-state index in [1.54, 1.807) is 0 Å². The average Bonchev–Trinajstić information content (AvgIpc) is 3.18. The van der Waals surface area contributed by atoms with Crippen molar-refractivity contribution >= 4 is 66.1 Å². The lowest BCUT2D eigenvalue weighted by molar-refractivity contribution is 0.359. The maximum absolute atomic E-state index is 4.24. The SMILES string of the molecule is C=Cc1c(/C=C\C)n(C2CCCCC2)c2cc3cc4ccc5cccc6ccc(c3cc12)c4c56. The molecule has 0 bridgehead atoms. The van der Waals surface area contributed by atoms with Crippen LogP contribution in [-0.4, -0.2) is 4.57 Å². The molecule has 34 heavy (non-hydrogen) atoms. The van der Waals surface area contributed by atoms with E-state index in [1.165, 1.54) is 97.4 Å². The molecule has 1 aliphatic carbocycles. The zero-order chi connectivity index (χ0) is 22.8. The van der Waals surface area contributed by atoms with Gasteiger partial charge in [-0.25, -0.2) is 0 Å². The van der Waals surface area contributed by atoms with Crippen molar-refractivity contribution in [2.75, 3.05) is 0 Å². The van der Waals surface area contributed by atoms with Crippen LogP contribution in [0, 0.1) is 0 Å². The van der Waals surface area contributed by atoms with Crippen LogP contribution in [0.1, 0.15) is 56.3 Å². The van der Waals surface area contributed by atoms with Gasteiger partial charge in [-0.3, -0.25) is 0 Å². The predicted octanol–water partition coefficient (Wildman–Crippen LogP) is 9.87. The molecule has 0 N–H and O–H groups in total. The van der Waals surface area contributed by atoms with Crippen LogP contribution in [-0.2, 0) is 0 Å². The van der Waals surface area contributed by atoms with Crippen LogP contribution >= 0.6 is 0 Å². The molecule has 1 fully saturated rings. The molecule has 0 atom stereocenters. The van der Waals surface area contributed by atoms with E-state index in [2.05, 4.69) is 97.0 Å². The first-order valence-electron chi connectivity index (χ1n) is 12.7. The van der Waals surface area contributed by atoms with Gasteiger partial charge in [0.15, 0.2) is 0 Å². The lowest BCUT2D eigenvalue weighted by Crippen LogP contribution is -2.14.